The normalized spacial score (nSPS) is 11.0. The van der Waals surface area contributed by atoms with Crippen LogP contribution >= 0.6 is 0 Å². The lowest BCUT2D eigenvalue weighted by atomic mass is 10.2. The zero-order valence-electron chi connectivity index (χ0n) is 10.2. The number of carboxylic acid groups (broad SMARTS) is 1. The van der Waals surface area contributed by atoms with E-state index in [1.165, 1.54) is 22.7 Å². The van der Waals surface area contributed by atoms with Crippen LogP contribution in [0.5, 0.6) is 0 Å². The summed E-state index contributed by atoms with van der Waals surface area (Å²) in [5, 5.41) is 16.4. The highest BCUT2D eigenvalue weighted by molar-refractivity contribution is 5.94. The molecule has 0 bridgehead atoms. The van der Waals surface area contributed by atoms with Crippen molar-refractivity contribution in [3.05, 3.63) is 53.5 Å². The lowest BCUT2D eigenvalue weighted by Gasteiger charge is -2.04. The van der Waals surface area contributed by atoms with E-state index in [0.717, 1.165) is 12.1 Å². The van der Waals surface area contributed by atoms with Gasteiger partial charge in [0.25, 0.3) is 0 Å². The summed E-state index contributed by atoms with van der Waals surface area (Å²) < 4.78 is 41.2. The van der Waals surface area contributed by atoms with Crippen LogP contribution in [0.3, 0.4) is 0 Å². The van der Waals surface area contributed by atoms with E-state index in [2.05, 4.69) is 10.2 Å². The van der Waals surface area contributed by atoms with Gasteiger partial charge in [-0.3, -0.25) is 4.40 Å². The average Bonchev–Trinajstić information content (AvgIpc) is 2.88. The number of carboxylic acids is 1. The molecule has 8 heteroatoms. The minimum Gasteiger partial charge on any atom is -0.478 e. The minimum atomic E-state index is -1.63. The molecule has 0 aliphatic heterocycles. The molecule has 2 aromatic heterocycles. The van der Waals surface area contributed by atoms with Gasteiger partial charge in [-0.15, -0.1) is 10.2 Å². The van der Waals surface area contributed by atoms with Crippen LogP contribution in [0.4, 0.5) is 13.2 Å². The van der Waals surface area contributed by atoms with Gasteiger partial charge in [0.1, 0.15) is 5.56 Å². The number of hydrogen-bond acceptors (Lipinski definition) is 3. The number of nitrogens with zero attached hydrogens (tertiary/aromatic N) is 3. The first kappa shape index (κ1) is 13.1. The van der Waals surface area contributed by atoms with Crippen molar-refractivity contribution < 1.29 is 23.1 Å². The molecule has 106 valence electrons. The maximum Gasteiger partial charge on any atom is 0.339 e. The minimum absolute atomic E-state index is 0.0240. The molecule has 0 saturated carbocycles. The van der Waals surface area contributed by atoms with Crippen LogP contribution in [-0.2, 0) is 0 Å². The Balaban J connectivity index is 2.30. The first-order valence-corrected chi connectivity index (χ1v) is 5.71. The predicted molar refractivity (Wildman–Crippen MR) is 65.3 cm³/mol. The van der Waals surface area contributed by atoms with Gasteiger partial charge < -0.3 is 5.11 Å². The number of benzene rings is 1. The molecular formula is C13H6F3N3O2. The molecule has 3 rings (SSSR count). The molecule has 0 aliphatic carbocycles. The van der Waals surface area contributed by atoms with E-state index in [1.54, 1.807) is 0 Å². The van der Waals surface area contributed by atoms with Gasteiger partial charge >= 0.3 is 5.97 Å². The van der Waals surface area contributed by atoms with Crippen molar-refractivity contribution in [1.29, 1.82) is 0 Å². The molecule has 1 aromatic carbocycles. The number of aromatic carboxylic acids is 1. The fourth-order valence-electron chi connectivity index (χ4n) is 1.97. The second kappa shape index (κ2) is 4.58. The van der Waals surface area contributed by atoms with Crippen molar-refractivity contribution >= 4 is 11.6 Å². The highest BCUT2D eigenvalue weighted by Gasteiger charge is 2.20. The van der Waals surface area contributed by atoms with Crippen molar-refractivity contribution in [2.75, 3.05) is 0 Å². The smallest absolute Gasteiger partial charge is 0.339 e. The third kappa shape index (κ3) is 1.92. The first-order chi connectivity index (χ1) is 10.0. The number of rotatable bonds is 2. The molecule has 2 heterocycles. The predicted octanol–water partition coefficient (Wildman–Crippen LogP) is 2.51. The van der Waals surface area contributed by atoms with Crippen LogP contribution in [0.25, 0.3) is 17.0 Å². The van der Waals surface area contributed by atoms with E-state index >= 15 is 0 Å². The summed E-state index contributed by atoms with van der Waals surface area (Å²) in [4.78, 5) is 11.1. The molecule has 0 radical (unpaired) electrons. The van der Waals surface area contributed by atoms with Crippen molar-refractivity contribution in [3.8, 4) is 11.4 Å². The Labute approximate surface area is 115 Å². The van der Waals surface area contributed by atoms with E-state index in [1.807, 2.05) is 0 Å². The number of fused-ring (bicyclic) bond motifs is 1. The maximum absolute atomic E-state index is 13.8. The summed E-state index contributed by atoms with van der Waals surface area (Å²) in [6.07, 6.45) is 1.40. The van der Waals surface area contributed by atoms with Gasteiger partial charge in [-0.1, -0.05) is 0 Å². The lowest BCUT2D eigenvalue weighted by molar-refractivity contribution is 0.0698. The van der Waals surface area contributed by atoms with E-state index in [4.69, 9.17) is 5.11 Å². The highest BCUT2D eigenvalue weighted by atomic mass is 19.2. The van der Waals surface area contributed by atoms with Gasteiger partial charge in [-0.2, -0.15) is 0 Å². The fourth-order valence-corrected chi connectivity index (χ4v) is 1.97. The van der Waals surface area contributed by atoms with Gasteiger partial charge in [0.2, 0.25) is 0 Å². The van der Waals surface area contributed by atoms with E-state index in [0.29, 0.717) is 0 Å². The van der Waals surface area contributed by atoms with E-state index < -0.39 is 23.4 Å². The molecule has 1 N–H and O–H groups in total. The van der Waals surface area contributed by atoms with Crippen LogP contribution in [0.15, 0.2) is 30.5 Å². The first-order valence-electron chi connectivity index (χ1n) is 5.71. The Bertz CT molecular complexity index is 876. The summed E-state index contributed by atoms with van der Waals surface area (Å²) in [6, 6.07) is 4.48. The quantitative estimate of drug-likeness (QED) is 0.737. The SMILES string of the molecule is O=C(O)c1cccn2c(-c3ccc(F)c(F)c3F)nnc12. The Morgan fingerprint density at radius 1 is 1.10 bits per heavy atom. The van der Waals surface area contributed by atoms with Gasteiger partial charge in [0, 0.05) is 6.20 Å². The van der Waals surface area contributed by atoms with Crippen molar-refractivity contribution in [2.24, 2.45) is 0 Å². The summed E-state index contributed by atoms with van der Waals surface area (Å²) >= 11 is 0. The Kier molecular flexibility index (Phi) is 2.86. The summed E-state index contributed by atoms with van der Waals surface area (Å²) in [6.45, 7) is 0. The topological polar surface area (TPSA) is 67.5 Å². The van der Waals surface area contributed by atoms with E-state index in [-0.39, 0.29) is 22.6 Å². The van der Waals surface area contributed by atoms with Crippen molar-refractivity contribution in [3.63, 3.8) is 0 Å². The standard InChI is InChI=1S/C13H6F3N3O2/c14-8-4-3-6(9(15)10(8)16)11-17-18-12-7(13(20)21)2-1-5-19(11)12/h1-5H,(H,20,21). The number of aromatic nitrogens is 3. The molecule has 0 atom stereocenters. The Morgan fingerprint density at radius 3 is 2.57 bits per heavy atom. The summed E-state index contributed by atoms with van der Waals surface area (Å²) in [5.74, 6) is -5.71. The molecular weight excluding hydrogens is 287 g/mol. The largest absolute Gasteiger partial charge is 0.478 e. The Hall–Kier alpha value is -2.90. The molecule has 0 unspecified atom stereocenters. The van der Waals surface area contributed by atoms with Crippen LogP contribution in [0, 0.1) is 17.5 Å². The molecule has 0 spiro atoms. The lowest BCUT2D eigenvalue weighted by Crippen LogP contribution is -2.01. The number of carbonyl (C=O) groups is 1. The maximum atomic E-state index is 13.8. The van der Waals surface area contributed by atoms with Crippen LogP contribution < -0.4 is 0 Å². The van der Waals surface area contributed by atoms with Crippen LogP contribution in [0.1, 0.15) is 10.4 Å². The third-order valence-corrected chi connectivity index (χ3v) is 2.94. The monoisotopic (exact) mass is 293 g/mol. The van der Waals surface area contributed by atoms with Crippen molar-refractivity contribution in [2.45, 2.75) is 0 Å². The van der Waals surface area contributed by atoms with Gasteiger partial charge in [-0.25, -0.2) is 18.0 Å². The summed E-state index contributed by atoms with van der Waals surface area (Å²) in [5.41, 5.74) is -0.479. The molecule has 3 aromatic rings. The van der Waals surface area contributed by atoms with Crippen LogP contribution in [0.2, 0.25) is 0 Å². The molecule has 0 aliphatic rings. The number of pyridine rings is 1. The summed E-state index contributed by atoms with van der Waals surface area (Å²) in [7, 11) is 0. The van der Waals surface area contributed by atoms with E-state index in [9.17, 15) is 18.0 Å². The third-order valence-electron chi connectivity index (χ3n) is 2.94. The van der Waals surface area contributed by atoms with Crippen molar-refractivity contribution in [1.82, 2.24) is 14.6 Å². The molecule has 0 saturated heterocycles. The second-order valence-electron chi connectivity index (χ2n) is 4.17. The zero-order chi connectivity index (χ0) is 15.1. The van der Waals surface area contributed by atoms with Gasteiger partial charge in [-0.05, 0) is 24.3 Å². The van der Waals surface area contributed by atoms with Gasteiger partial charge in [0.15, 0.2) is 28.9 Å². The van der Waals surface area contributed by atoms with Crippen LogP contribution in [-0.4, -0.2) is 25.7 Å². The molecule has 0 fully saturated rings. The fraction of sp³-hybridized carbons (Fsp3) is 0. The zero-order valence-corrected chi connectivity index (χ0v) is 10.2. The molecule has 5 nitrogen and oxygen atoms in total. The van der Waals surface area contributed by atoms with Gasteiger partial charge in [0.05, 0.1) is 5.56 Å². The number of hydrogen-bond donors (Lipinski definition) is 1. The highest BCUT2D eigenvalue weighted by Crippen LogP contribution is 2.25. The Morgan fingerprint density at radius 2 is 1.86 bits per heavy atom. The average molecular weight is 293 g/mol. The number of halogens is 3. The molecule has 0 amide bonds. The molecule has 21 heavy (non-hydrogen) atoms. The second-order valence-corrected chi connectivity index (χ2v) is 4.17.